The van der Waals surface area contributed by atoms with Gasteiger partial charge in [0.1, 0.15) is 6.33 Å². The Kier molecular flexibility index (Phi) is 3.30. The monoisotopic (exact) mass is 283 g/mol. The third-order valence-electron chi connectivity index (χ3n) is 2.79. The van der Waals surface area contributed by atoms with Crippen LogP contribution in [-0.4, -0.2) is 14.8 Å². The molecular weight excluding hydrogens is 270 g/mol. The van der Waals surface area contributed by atoms with Crippen LogP contribution in [0.2, 0.25) is 0 Å². The molecule has 0 amide bonds. The molecule has 0 unspecified atom stereocenters. The fourth-order valence-electron chi connectivity index (χ4n) is 1.82. The summed E-state index contributed by atoms with van der Waals surface area (Å²) in [6.45, 7) is 0. The molecule has 20 heavy (non-hydrogen) atoms. The van der Waals surface area contributed by atoms with Crippen molar-refractivity contribution in [2.75, 3.05) is 11.5 Å². The lowest BCUT2D eigenvalue weighted by molar-refractivity contribution is 0.884. The molecule has 3 aromatic rings. The lowest BCUT2D eigenvalue weighted by Crippen LogP contribution is -1.96. The first-order valence-electron chi connectivity index (χ1n) is 6.02. The van der Waals surface area contributed by atoms with Gasteiger partial charge in [0.2, 0.25) is 5.16 Å². The Morgan fingerprint density at radius 1 is 1.00 bits per heavy atom. The predicted molar refractivity (Wildman–Crippen MR) is 80.7 cm³/mol. The second kappa shape index (κ2) is 5.26. The number of rotatable bonds is 3. The Labute approximate surface area is 120 Å². The van der Waals surface area contributed by atoms with E-state index in [0.29, 0.717) is 11.4 Å². The maximum Gasteiger partial charge on any atom is 0.200 e. The molecule has 0 spiro atoms. The van der Waals surface area contributed by atoms with Crippen LogP contribution in [0.5, 0.6) is 0 Å². The van der Waals surface area contributed by atoms with E-state index in [-0.39, 0.29) is 0 Å². The number of nitrogen functional groups attached to an aromatic ring is 2. The molecule has 1 aromatic heterocycles. The number of nitrogens with zero attached hydrogens (tertiary/aromatic N) is 3. The molecule has 5 nitrogen and oxygen atoms in total. The van der Waals surface area contributed by atoms with E-state index in [4.69, 9.17) is 11.5 Å². The van der Waals surface area contributed by atoms with E-state index in [2.05, 4.69) is 10.2 Å². The minimum absolute atomic E-state index is 0.637. The number of aromatic nitrogens is 3. The molecule has 0 aliphatic carbocycles. The highest BCUT2D eigenvalue weighted by Gasteiger charge is 2.10. The first kappa shape index (κ1) is 12.6. The zero-order valence-corrected chi connectivity index (χ0v) is 11.4. The van der Waals surface area contributed by atoms with Gasteiger partial charge in [0.15, 0.2) is 0 Å². The van der Waals surface area contributed by atoms with Crippen LogP contribution in [0.3, 0.4) is 0 Å². The first-order chi connectivity index (χ1) is 9.74. The smallest absolute Gasteiger partial charge is 0.200 e. The van der Waals surface area contributed by atoms with Gasteiger partial charge in [-0.2, -0.15) is 0 Å². The number of para-hydroxylation sites is 1. The van der Waals surface area contributed by atoms with Crippen molar-refractivity contribution in [3.63, 3.8) is 0 Å². The normalized spacial score (nSPS) is 10.6. The molecular formula is C14H13N5S. The van der Waals surface area contributed by atoms with E-state index in [9.17, 15) is 0 Å². The van der Waals surface area contributed by atoms with E-state index in [1.54, 1.807) is 12.4 Å². The van der Waals surface area contributed by atoms with Gasteiger partial charge >= 0.3 is 0 Å². The second-order valence-electron chi connectivity index (χ2n) is 4.22. The summed E-state index contributed by atoms with van der Waals surface area (Å²) < 4.78 is 1.92. The highest BCUT2D eigenvalue weighted by molar-refractivity contribution is 7.99. The van der Waals surface area contributed by atoms with Gasteiger partial charge < -0.3 is 11.5 Å². The average Bonchev–Trinajstić information content (AvgIpc) is 2.91. The van der Waals surface area contributed by atoms with E-state index >= 15 is 0 Å². The van der Waals surface area contributed by atoms with E-state index < -0.39 is 0 Å². The fraction of sp³-hybridized carbons (Fsp3) is 0. The summed E-state index contributed by atoms with van der Waals surface area (Å²) in [5, 5.41) is 8.87. The van der Waals surface area contributed by atoms with Crippen LogP contribution < -0.4 is 11.5 Å². The topological polar surface area (TPSA) is 82.8 Å². The summed E-state index contributed by atoms with van der Waals surface area (Å²) >= 11 is 1.46. The predicted octanol–water partition coefficient (Wildman–Crippen LogP) is 2.58. The molecule has 2 aromatic carbocycles. The van der Waals surface area contributed by atoms with Gasteiger partial charge in [0, 0.05) is 22.0 Å². The molecule has 0 bridgehead atoms. The maximum atomic E-state index is 5.97. The fourth-order valence-corrected chi connectivity index (χ4v) is 2.67. The molecule has 0 aliphatic heterocycles. The van der Waals surface area contributed by atoms with Crippen LogP contribution in [0, 0.1) is 0 Å². The van der Waals surface area contributed by atoms with Gasteiger partial charge in [-0.1, -0.05) is 18.2 Å². The summed E-state index contributed by atoms with van der Waals surface area (Å²) in [5.74, 6) is 0. The molecule has 3 rings (SSSR count). The third-order valence-corrected chi connectivity index (χ3v) is 3.84. The molecule has 0 fully saturated rings. The van der Waals surface area contributed by atoms with Gasteiger partial charge in [-0.25, -0.2) is 0 Å². The minimum Gasteiger partial charge on any atom is -0.399 e. The van der Waals surface area contributed by atoms with Gasteiger partial charge in [-0.15, -0.1) is 10.2 Å². The summed E-state index contributed by atoms with van der Waals surface area (Å²) in [6, 6.07) is 15.4. The Bertz CT molecular complexity index is 723. The van der Waals surface area contributed by atoms with Crippen molar-refractivity contribution in [1.82, 2.24) is 14.8 Å². The quantitative estimate of drug-likeness (QED) is 0.722. The van der Waals surface area contributed by atoms with Crippen molar-refractivity contribution in [1.29, 1.82) is 0 Å². The molecule has 4 N–H and O–H groups in total. The number of hydrogen-bond acceptors (Lipinski definition) is 5. The molecule has 0 saturated carbocycles. The van der Waals surface area contributed by atoms with Crippen molar-refractivity contribution in [2.45, 2.75) is 10.1 Å². The average molecular weight is 283 g/mol. The Morgan fingerprint density at radius 3 is 2.55 bits per heavy atom. The number of nitrogens with two attached hydrogens (primary N) is 2. The van der Waals surface area contributed by atoms with Crippen LogP contribution in [0.1, 0.15) is 0 Å². The molecule has 1 heterocycles. The lowest BCUT2D eigenvalue weighted by Gasteiger charge is -2.08. The highest BCUT2D eigenvalue weighted by Crippen LogP contribution is 2.32. The van der Waals surface area contributed by atoms with Crippen LogP contribution in [0.4, 0.5) is 11.4 Å². The van der Waals surface area contributed by atoms with Crippen molar-refractivity contribution < 1.29 is 0 Å². The lowest BCUT2D eigenvalue weighted by atomic mass is 10.3. The number of benzene rings is 2. The molecule has 0 saturated heterocycles. The highest BCUT2D eigenvalue weighted by atomic mass is 32.2. The van der Waals surface area contributed by atoms with E-state index in [1.807, 2.05) is 47.0 Å². The molecule has 0 radical (unpaired) electrons. The van der Waals surface area contributed by atoms with Gasteiger partial charge in [-0.3, -0.25) is 4.57 Å². The Morgan fingerprint density at radius 2 is 1.80 bits per heavy atom. The summed E-state index contributed by atoms with van der Waals surface area (Å²) in [6.07, 6.45) is 1.69. The second-order valence-corrected chi connectivity index (χ2v) is 5.23. The zero-order valence-electron chi connectivity index (χ0n) is 10.6. The molecule has 0 aliphatic rings. The zero-order chi connectivity index (χ0) is 13.9. The SMILES string of the molecule is Nc1ccc(Sc2nncn2-c2ccccc2)c(N)c1. The van der Waals surface area contributed by atoms with Gasteiger partial charge in [0.25, 0.3) is 0 Å². The third kappa shape index (κ3) is 2.46. The van der Waals surface area contributed by atoms with Crippen LogP contribution >= 0.6 is 11.8 Å². The summed E-state index contributed by atoms with van der Waals surface area (Å²) in [4.78, 5) is 0.907. The minimum atomic E-state index is 0.637. The Hall–Kier alpha value is -2.47. The number of anilines is 2. The van der Waals surface area contributed by atoms with Gasteiger partial charge in [0.05, 0.1) is 0 Å². The van der Waals surface area contributed by atoms with Crippen LogP contribution in [0.25, 0.3) is 5.69 Å². The number of hydrogen-bond donors (Lipinski definition) is 2. The van der Waals surface area contributed by atoms with Crippen molar-refractivity contribution in [2.24, 2.45) is 0 Å². The molecule has 0 atom stereocenters. The van der Waals surface area contributed by atoms with Crippen molar-refractivity contribution in [3.05, 3.63) is 54.9 Å². The molecule has 100 valence electrons. The van der Waals surface area contributed by atoms with E-state index in [1.165, 1.54) is 11.8 Å². The molecule has 6 heteroatoms. The Balaban J connectivity index is 1.95. The van der Waals surface area contributed by atoms with Crippen LogP contribution in [0.15, 0.2) is 64.9 Å². The summed E-state index contributed by atoms with van der Waals surface area (Å²) in [7, 11) is 0. The van der Waals surface area contributed by atoms with Crippen molar-refractivity contribution >= 4 is 23.1 Å². The summed E-state index contributed by atoms with van der Waals surface area (Å²) in [5.41, 5.74) is 14.0. The van der Waals surface area contributed by atoms with Gasteiger partial charge in [-0.05, 0) is 42.1 Å². The van der Waals surface area contributed by atoms with E-state index in [0.717, 1.165) is 15.7 Å². The van der Waals surface area contributed by atoms with Crippen LogP contribution in [-0.2, 0) is 0 Å². The van der Waals surface area contributed by atoms with Crippen molar-refractivity contribution in [3.8, 4) is 5.69 Å². The first-order valence-corrected chi connectivity index (χ1v) is 6.84. The maximum absolute atomic E-state index is 5.97. The standard InChI is InChI=1S/C14H13N5S/c15-10-6-7-13(12(16)8-10)20-14-18-17-9-19(14)11-4-2-1-3-5-11/h1-9H,15-16H2. The largest absolute Gasteiger partial charge is 0.399 e.